The van der Waals surface area contributed by atoms with E-state index in [9.17, 15) is 0 Å². The van der Waals surface area contributed by atoms with Crippen LogP contribution in [0.2, 0.25) is 4.34 Å². The van der Waals surface area contributed by atoms with Crippen molar-refractivity contribution < 1.29 is 0 Å². The Kier molecular flexibility index (Phi) is 3.63. The molecule has 2 aromatic rings. The van der Waals surface area contributed by atoms with E-state index in [1.165, 1.54) is 5.56 Å². The molecule has 0 saturated carbocycles. The van der Waals surface area contributed by atoms with Crippen LogP contribution in [0, 0.1) is 0 Å². The first kappa shape index (κ1) is 11.6. The van der Waals surface area contributed by atoms with E-state index in [4.69, 9.17) is 11.6 Å². The summed E-state index contributed by atoms with van der Waals surface area (Å²) in [6, 6.07) is 4.31. The van der Waals surface area contributed by atoms with Gasteiger partial charge in [-0.2, -0.15) is 5.10 Å². The minimum atomic E-state index is 0.297. The van der Waals surface area contributed by atoms with Gasteiger partial charge in [-0.25, -0.2) is 0 Å². The standard InChI is InChI=1S/C11H14ClN3S/c1-8(9-5-11(12)16-7-9)13-6-10-3-4-15(2)14-10/h3-5,7-8,13H,6H2,1-2H3. The van der Waals surface area contributed by atoms with Gasteiger partial charge in [0.15, 0.2) is 0 Å². The maximum absolute atomic E-state index is 5.90. The molecule has 0 aliphatic carbocycles. The van der Waals surface area contributed by atoms with E-state index in [1.54, 1.807) is 11.3 Å². The highest BCUT2D eigenvalue weighted by molar-refractivity contribution is 7.14. The molecular weight excluding hydrogens is 242 g/mol. The van der Waals surface area contributed by atoms with Gasteiger partial charge in [-0.05, 0) is 30.0 Å². The number of aromatic nitrogens is 2. The summed E-state index contributed by atoms with van der Waals surface area (Å²) in [6.45, 7) is 2.90. The second kappa shape index (κ2) is 4.99. The first-order valence-electron chi connectivity index (χ1n) is 5.11. The Bertz CT molecular complexity index is 463. The van der Waals surface area contributed by atoms with Crippen LogP contribution in [0.15, 0.2) is 23.7 Å². The molecule has 0 radical (unpaired) electrons. The van der Waals surface area contributed by atoms with Crippen molar-refractivity contribution in [1.82, 2.24) is 15.1 Å². The highest BCUT2D eigenvalue weighted by Gasteiger charge is 2.07. The van der Waals surface area contributed by atoms with Crippen molar-refractivity contribution in [2.24, 2.45) is 7.05 Å². The second-order valence-corrected chi connectivity index (χ2v) is 5.31. The van der Waals surface area contributed by atoms with E-state index in [0.717, 1.165) is 16.6 Å². The summed E-state index contributed by atoms with van der Waals surface area (Å²) in [5.74, 6) is 0. The quantitative estimate of drug-likeness (QED) is 0.910. The van der Waals surface area contributed by atoms with Gasteiger partial charge in [0.1, 0.15) is 0 Å². The third-order valence-corrected chi connectivity index (χ3v) is 3.56. The minimum absolute atomic E-state index is 0.297. The van der Waals surface area contributed by atoms with Crippen LogP contribution in [0.5, 0.6) is 0 Å². The zero-order chi connectivity index (χ0) is 11.5. The SMILES string of the molecule is CC(NCc1ccn(C)n1)c1csc(Cl)c1. The van der Waals surface area contributed by atoms with Crippen molar-refractivity contribution in [3.05, 3.63) is 39.3 Å². The Balaban J connectivity index is 1.91. The van der Waals surface area contributed by atoms with Crippen LogP contribution < -0.4 is 5.32 Å². The van der Waals surface area contributed by atoms with Crippen molar-refractivity contribution in [3.8, 4) is 0 Å². The molecule has 5 heteroatoms. The lowest BCUT2D eigenvalue weighted by Crippen LogP contribution is -2.17. The molecule has 0 spiro atoms. The molecule has 1 unspecified atom stereocenters. The van der Waals surface area contributed by atoms with E-state index in [-0.39, 0.29) is 0 Å². The van der Waals surface area contributed by atoms with Crippen LogP contribution in [0.4, 0.5) is 0 Å². The largest absolute Gasteiger partial charge is 0.304 e. The molecule has 86 valence electrons. The first-order valence-corrected chi connectivity index (χ1v) is 6.37. The van der Waals surface area contributed by atoms with Crippen LogP contribution in [-0.2, 0) is 13.6 Å². The fraction of sp³-hybridized carbons (Fsp3) is 0.364. The van der Waals surface area contributed by atoms with E-state index < -0.39 is 0 Å². The molecule has 0 aliphatic heterocycles. The lowest BCUT2D eigenvalue weighted by Gasteiger charge is -2.10. The molecule has 3 nitrogen and oxygen atoms in total. The predicted octanol–water partition coefficient (Wildman–Crippen LogP) is 2.99. The molecule has 2 heterocycles. The van der Waals surface area contributed by atoms with Gasteiger partial charge < -0.3 is 5.32 Å². The fourth-order valence-corrected chi connectivity index (χ4v) is 2.47. The Morgan fingerprint density at radius 3 is 3.00 bits per heavy atom. The molecule has 16 heavy (non-hydrogen) atoms. The van der Waals surface area contributed by atoms with E-state index in [1.807, 2.05) is 30.1 Å². The van der Waals surface area contributed by atoms with Gasteiger partial charge in [0, 0.05) is 25.8 Å². The molecule has 0 saturated heterocycles. The monoisotopic (exact) mass is 255 g/mol. The minimum Gasteiger partial charge on any atom is -0.304 e. The van der Waals surface area contributed by atoms with Gasteiger partial charge in [0.25, 0.3) is 0 Å². The smallest absolute Gasteiger partial charge is 0.0931 e. The zero-order valence-corrected chi connectivity index (χ0v) is 10.8. The van der Waals surface area contributed by atoms with E-state index >= 15 is 0 Å². The van der Waals surface area contributed by atoms with Crippen molar-refractivity contribution in [2.45, 2.75) is 19.5 Å². The summed E-state index contributed by atoms with van der Waals surface area (Å²) in [5, 5.41) is 9.81. The molecular formula is C11H14ClN3S. The van der Waals surface area contributed by atoms with Gasteiger partial charge in [-0.1, -0.05) is 11.6 Å². The van der Waals surface area contributed by atoms with Crippen LogP contribution in [-0.4, -0.2) is 9.78 Å². The van der Waals surface area contributed by atoms with Crippen molar-refractivity contribution in [1.29, 1.82) is 0 Å². The molecule has 0 bridgehead atoms. The summed E-state index contributed by atoms with van der Waals surface area (Å²) in [7, 11) is 1.92. The number of nitrogens with one attached hydrogen (secondary N) is 1. The average molecular weight is 256 g/mol. The normalized spacial score (nSPS) is 12.9. The number of rotatable bonds is 4. The lowest BCUT2D eigenvalue weighted by atomic mass is 10.2. The van der Waals surface area contributed by atoms with Crippen LogP contribution >= 0.6 is 22.9 Å². The van der Waals surface area contributed by atoms with E-state index in [2.05, 4.69) is 22.7 Å². The number of hydrogen-bond donors (Lipinski definition) is 1. The van der Waals surface area contributed by atoms with E-state index in [0.29, 0.717) is 6.04 Å². The van der Waals surface area contributed by atoms with Gasteiger partial charge in [-0.15, -0.1) is 11.3 Å². The number of hydrogen-bond acceptors (Lipinski definition) is 3. The molecule has 1 N–H and O–H groups in total. The lowest BCUT2D eigenvalue weighted by molar-refractivity contribution is 0.563. The van der Waals surface area contributed by atoms with Gasteiger partial charge in [-0.3, -0.25) is 4.68 Å². The summed E-state index contributed by atoms with van der Waals surface area (Å²) in [6.07, 6.45) is 1.95. The molecule has 0 amide bonds. The maximum atomic E-state index is 5.90. The highest BCUT2D eigenvalue weighted by Crippen LogP contribution is 2.24. The Morgan fingerprint density at radius 2 is 2.44 bits per heavy atom. The maximum Gasteiger partial charge on any atom is 0.0931 e. The molecule has 0 aliphatic rings. The van der Waals surface area contributed by atoms with Gasteiger partial charge in [0.2, 0.25) is 0 Å². The Morgan fingerprint density at radius 1 is 1.62 bits per heavy atom. The van der Waals surface area contributed by atoms with Gasteiger partial charge >= 0.3 is 0 Å². The zero-order valence-electron chi connectivity index (χ0n) is 9.27. The summed E-state index contributed by atoms with van der Waals surface area (Å²) < 4.78 is 2.64. The molecule has 2 aromatic heterocycles. The molecule has 1 atom stereocenters. The topological polar surface area (TPSA) is 29.9 Å². The second-order valence-electron chi connectivity index (χ2n) is 3.77. The summed E-state index contributed by atoms with van der Waals surface area (Å²) in [4.78, 5) is 0. The van der Waals surface area contributed by atoms with Crippen molar-refractivity contribution in [2.75, 3.05) is 0 Å². The molecule has 2 rings (SSSR count). The highest BCUT2D eigenvalue weighted by atomic mass is 35.5. The Labute approximate surface area is 104 Å². The third kappa shape index (κ3) is 2.84. The Hall–Kier alpha value is -0.840. The summed E-state index contributed by atoms with van der Waals surface area (Å²) >= 11 is 7.46. The van der Waals surface area contributed by atoms with Crippen LogP contribution in [0.3, 0.4) is 0 Å². The average Bonchev–Trinajstić information content (AvgIpc) is 2.84. The third-order valence-electron chi connectivity index (χ3n) is 2.45. The first-order chi connectivity index (χ1) is 7.65. The fourth-order valence-electron chi connectivity index (χ4n) is 1.48. The van der Waals surface area contributed by atoms with Crippen LogP contribution in [0.1, 0.15) is 24.2 Å². The number of aryl methyl sites for hydroxylation is 1. The van der Waals surface area contributed by atoms with Gasteiger partial charge in [0.05, 0.1) is 10.0 Å². The molecule has 0 fully saturated rings. The number of halogens is 1. The molecule has 0 aromatic carbocycles. The summed E-state index contributed by atoms with van der Waals surface area (Å²) in [5.41, 5.74) is 2.28. The number of nitrogens with zero attached hydrogens (tertiary/aromatic N) is 2. The predicted molar refractivity (Wildman–Crippen MR) is 67.8 cm³/mol. The van der Waals surface area contributed by atoms with Crippen molar-refractivity contribution >= 4 is 22.9 Å². The van der Waals surface area contributed by atoms with Crippen molar-refractivity contribution in [3.63, 3.8) is 0 Å². The van der Waals surface area contributed by atoms with Crippen LogP contribution in [0.25, 0.3) is 0 Å². The number of thiophene rings is 1.